The third-order valence-corrected chi connectivity index (χ3v) is 5.11. The molecule has 1 aliphatic rings. The van der Waals surface area contributed by atoms with Gasteiger partial charge < -0.3 is 14.4 Å². The molecule has 1 heterocycles. The monoisotopic (exact) mass is 435 g/mol. The van der Waals surface area contributed by atoms with Crippen LogP contribution < -0.4 is 4.74 Å². The van der Waals surface area contributed by atoms with Crippen molar-refractivity contribution in [3.05, 3.63) is 65.7 Å². The van der Waals surface area contributed by atoms with Gasteiger partial charge in [-0.05, 0) is 63.4 Å². The number of carbonyl (C=O) groups is 1. The number of amides is 1. The SMILES string of the molecule is CC(C)(C)OC(=O)N1CCCC(C(Oc2ccc(C(F)(F)F)cc2)c2ccccc2)C1. The van der Waals surface area contributed by atoms with Crippen molar-refractivity contribution in [3.63, 3.8) is 0 Å². The maximum absolute atomic E-state index is 12.9. The van der Waals surface area contributed by atoms with E-state index in [1.54, 1.807) is 4.90 Å². The molecule has 0 aromatic heterocycles. The molecule has 7 heteroatoms. The van der Waals surface area contributed by atoms with Crippen molar-refractivity contribution < 1.29 is 27.4 Å². The van der Waals surface area contributed by atoms with E-state index in [1.807, 2.05) is 51.1 Å². The molecule has 0 aliphatic carbocycles. The normalized spacial score (nSPS) is 18.4. The Morgan fingerprint density at radius 3 is 2.26 bits per heavy atom. The number of halogens is 3. The second kappa shape index (κ2) is 9.20. The van der Waals surface area contributed by atoms with Gasteiger partial charge in [-0.3, -0.25) is 0 Å². The molecule has 1 aliphatic heterocycles. The summed E-state index contributed by atoms with van der Waals surface area (Å²) < 4.78 is 50.4. The number of carbonyl (C=O) groups excluding carboxylic acids is 1. The Morgan fingerprint density at radius 1 is 1.03 bits per heavy atom. The first-order valence-corrected chi connectivity index (χ1v) is 10.4. The molecule has 31 heavy (non-hydrogen) atoms. The van der Waals surface area contributed by atoms with E-state index in [-0.39, 0.29) is 12.0 Å². The number of piperidine rings is 1. The number of benzene rings is 2. The lowest BCUT2D eigenvalue weighted by molar-refractivity contribution is -0.137. The zero-order valence-electron chi connectivity index (χ0n) is 18.0. The summed E-state index contributed by atoms with van der Waals surface area (Å²) in [6.07, 6.45) is -3.53. The molecule has 1 saturated heterocycles. The summed E-state index contributed by atoms with van der Waals surface area (Å²) in [5, 5.41) is 0. The van der Waals surface area contributed by atoms with Gasteiger partial charge in [-0.25, -0.2) is 4.79 Å². The van der Waals surface area contributed by atoms with Crippen LogP contribution in [-0.4, -0.2) is 29.7 Å². The third kappa shape index (κ3) is 6.39. The van der Waals surface area contributed by atoms with Crippen LogP contribution in [0.5, 0.6) is 5.75 Å². The number of likely N-dealkylation sites (tertiary alicyclic amines) is 1. The molecule has 0 bridgehead atoms. The molecule has 0 radical (unpaired) electrons. The van der Waals surface area contributed by atoms with Gasteiger partial charge in [-0.15, -0.1) is 0 Å². The minimum atomic E-state index is -4.39. The quantitative estimate of drug-likeness (QED) is 0.552. The summed E-state index contributed by atoms with van der Waals surface area (Å²) in [5.74, 6) is 0.335. The lowest BCUT2D eigenvalue weighted by atomic mass is 9.88. The zero-order chi connectivity index (χ0) is 22.6. The molecular formula is C24H28F3NO3. The van der Waals surface area contributed by atoms with Crippen LogP contribution >= 0.6 is 0 Å². The Morgan fingerprint density at radius 2 is 1.68 bits per heavy atom. The van der Waals surface area contributed by atoms with Gasteiger partial charge in [-0.2, -0.15) is 13.2 Å². The van der Waals surface area contributed by atoms with Gasteiger partial charge in [0.25, 0.3) is 0 Å². The Bertz CT molecular complexity index is 860. The highest BCUT2D eigenvalue weighted by Crippen LogP contribution is 2.36. The maximum Gasteiger partial charge on any atom is 0.416 e. The van der Waals surface area contributed by atoms with Crippen LogP contribution in [0.3, 0.4) is 0 Å². The first-order valence-electron chi connectivity index (χ1n) is 10.4. The topological polar surface area (TPSA) is 38.8 Å². The zero-order valence-corrected chi connectivity index (χ0v) is 18.0. The smallest absolute Gasteiger partial charge is 0.416 e. The lowest BCUT2D eigenvalue weighted by Gasteiger charge is -2.37. The van der Waals surface area contributed by atoms with Crippen LogP contribution in [0.15, 0.2) is 54.6 Å². The fourth-order valence-corrected chi connectivity index (χ4v) is 3.70. The van der Waals surface area contributed by atoms with Gasteiger partial charge >= 0.3 is 12.3 Å². The van der Waals surface area contributed by atoms with Crippen molar-refractivity contribution in [3.8, 4) is 5.75 Å². The molecule has 3 rings (SSSR count). The van der Waals surface area contributed by atoms with E-state index in [9.17, 15) is 18.0 Å². The fraction of sp³-hybridized carbons (Fsp3) is 0.458. The van der Waals surface area contributed by atoms with Gasteiger partial charge in [0.05, 0.1) is 5.56 Å². The Kier molecular flexibility index (Phi) is 6.82. The number of alkyl halides is 3. The summed E-state index contributed by atoms with van der Waals surface area (Å²) in [6, 6.07) is 14.3. The van der Waals surface area contributed by atoms with E-state index in [0.717, 1.165) is 30.5 Å². The Hall–Kier alpha value is -2.70. The van der Waals surface area contributed by atoms with E-state index >= 15 is 0 Å². The first-order chi connectivity index (χ1) is 14.5. The molecular weight excluding hydrogens is 407 g/mol. The second-order valence-electron chi connectivity index (χ2n) is 8.80. The van der Waals surface area contributed by atoms with Crippen LogP contribution in [0.2, 0.25) is 0 Å². The maximum atomic E-state index is 12.9. The molecule has 0 spiro atoms. The van der Waals surface area contributed by atoms with Crippen molar-refractivity contribution in [2.45, 2.75) is 51.5 Å². The van der Waals surface area contributed by atoms with Crippen molar-refractivity contribution in [1.29, 1.82) is 0 Å². The highest BCUT2D eigenvalue weighted by Gasteiger charge is 2.34. The highest BCUT2D eigenvalue weighted by molar-refractivity contribution is 5.68. The fourth-order valence-electron chi connectivity index (χ4n) is 3.70. The van der Waals surface area contributed by atoms with Crippen molar-refractivity contribution >= 4 is 6.09 Å². The van der Waals surface area contributed by atoms with Gasteiger partial charge in [0.2, 0.25) is 0 Å². The second-order valence-corrected chi connectivity index (χ2v) is 8.80. The highest BCUT2D eigenvalue weighted by atomic mass is 19.4. The molecule has 0 saturated carbocycles. The number of nitrogens with zero attached hydrogens (tertiary/aromatic N) is 1. The van der Waals surface area contributed by atoms with Gasteiger partial charge in [0.15, 0.2) is 0 Å². The molecule has 0 N–H and O–H groups in total. The summed E-state index contributed by atoms with van der Waals surface area (Å²) in [6.45, 7) is 6.54. The molecule has 1 fully saturated rings. The van der Waals surface area contributed by atoms with Crippen LogP contribution in [0, 0.1) is 5.92 Å². The molecule has 2 unspecified atom stereocenters. The number of ether oxygens (including phenoxy) is 2. The molecule has 4 nitrogen and oxygen atoms in total. The summed E-state index contributed by atoms with van der Waals surface area (Å²) >= 11 is 0. The Labute approximate surface area is 181 Å². The molecule has 1 amide bonds. The predicted molar refractivity (Wildman–Crippen MR) is 112 cm³/mol. The van der Waals surface area contributed by atoms with Crippen molar-refractivity contribution in [2.75, 3.05) is 13.1 Å². The van der Waals surface area contributed by atoms with Gasteiger partial charge in [0.1, 0.15) is 17.5 Å². The minimum absolute atomic E-state index is 0.0223. The van der Waals surface area contributed by atoms with Gasteiger partial charge in [-0.1, -0.05) is 30.3 Å². The number of rotatable bonds is 4. The average Bonchev–Trinajstić information content (AvgIpc) is 2.71. The van der Waals surface area contributed by atoms with Gasteiger partial charge in [0, 0.05) is 19.0 Å². The first kappa shape index (κ1) is 23.0. The van der Waals surface area contributed by atoms with Crippen molar-refractivity contribution in [1.82, 2.24) is 4.90 Å². The molecule has 168 valence electrons. The van der Waals surface area contributed by atoms with Crippen LogP contribution in [0.1, 0.15) is 50.8 Å². The standard InChI is InChI=1S/C24H28F3NO3/c1-23(2,3)31-22(29)28-15-7-10-18(16-28)21(17-8-5-4-6-9-17)30-20-13-11-19(12-14-20)24(25,26)27/h4-6,8-9,11-14,18,21H,7,10,15-16H2,1-3H3. The van der Waals surface area contributed by atoms with Crippen molar-refractivity contribution in [2.24, 2.45) is 5.92 Å². The van der Waals surface area contributed by atoms with Crippen LogP contribution in [0.4, 0.5) is 18.0 Å². The summed E-state index contributed by atoms with van der Waals surface area (Å²) in [4.78, 5) is 14.3. The number of hydrogen-bond acceptors (Lipinski definition) is 3. The van der Waals surface area contributed by atoms with E-state index in [2.05, 4.69) is 0 Å². The summed E-state index contributed by atoms with van der Waals surface area (Å²) in [7, 11) is 0. The lowest BCUT2D eigenvalue weighted by Crippen LogP contribution is -2.44. The average molecular weight is 435 g/mol. The molecule has 2 aromatic carbocycles. The predicted octanol–water partition coefficient (Wildman–Crippen LogP) is 6.47. The van der Waals surface area contributed by atoms with E-state index in [0.29, 0.717) is 18.8 Å². The van der Waals surface area contributed by atoms with Crippen LogP contribution in [0.25, 0.3) is 0 Å². The largest absolute Gasteiger partial charge is 0.485 e. The Balaban J connectivity index is 1.80. The summed E-state index contributed by atoms with van der Waals surface area (Å²) in [5.41, 5.74) is -0.386. The van der Waals surface area contributed by atoms with Crippen LogP contribution in [-0.2, 0) is 10.9 Å². The van der Waals surface area contributed by atoms with E-state index in [1.165, 1.54) is 12.1 Å². The van der Waals surface area contributed by atoms with E-state index < -0.39 is 23.4 Å². The molecule has 2 atom stereocenters. The third-order valence-electron chi connectivity index (χ3n) is 5.11. The minimum Gasteiger partial charge on any atom is -0.485 e. The van der Waals surface area contributed by atoms with E-state index in [4.69, 9.17) is 9.47 Å². The molecule has 2 aromatic rings. The number of hydrogen-bond donors (Lipinski definition) is 0.